The molecule has 0 atom stereocenters. The largest absolute Gasteiger partial charge is 0.360 e. The van der Waals surface area contributed by atoms with Gasteiger partial charge >= 0.3 is 0 Å². The Balaban J connectivity index is 1.84. The number of carbonyl (C=O) groups is 1. The molecule has 3 aromatic rings. The first-order valence-corrected chi connectivity index (χ1v) is 8.18. The quantitative estimate of drug-likeness (QED) is 0.515. The van der Waals surface area contributed by atoms with Crippen LogP contribution in [0.5, 0.6) is 0 Å². The number of benzene rings is 2. The number of nitrogens with one attached hydrogen (secondary N) is 2. The Kier molecular flexibility index (Phi) is 5.08. The van der Waals surface area contributed by atoms with Crippen LogP contribution in [0.15, 0.2) is 52.5 Å². The van der Waals surface area contributed by atoms with Crippen molar-refractivity contribution in [3.05, 3.63) is 79.0 Å². The molecule has 0 unspecified atom stereocenters. The molecule has 25 heavy (non-hydrogen) atoms. The van der Waals surface area contributed by atoms with E-state index in [0.29, 0.717) is 31.5 Å². The van der Waals surface area contributed by atoms with Crippen molar-refractivity contribution in [2.75, 3.05) is 0 Å². The van der Waals surface area contributed by atoms with Crippen LogP contribution in [0.1, 0.15) is 15.9 Å². The Labute approximate surface area is 157 Å². The number of hydrogen-bond acceptors (Lipinski definition) is 3. The summed E-state index contributed by atoms with van der Waals surface area (Å²) in [6.45, 7) is 0. The minimum Gasteiger partial charge on any atom is -0.360 e. The van der Waals surface area contributed by atoms with Crippen LogP contribution in [0.4, 0.5) is 0 Å². The predicted molar refractivity (Wildman–Crippen MR) is 101 cm³/mol. The summed E-state index contributed by atoms with van der Waals surface area (Å²) < 4.78 is 0. The molecule has 0 saturated heterocycles. The standard InChI is InChI=1S/C17H10Cl3N3O2/c18-10-3-4-15-12(5-10)16(24)13(8-21-15)17(25)23-22-7-9-1-2-11(19)6-14(9)20/h1-8H,(H,21,24)(H,23,25)/b22-7+. The topological polar surface area (TPSA) is 74.3 Å². The van der Waals surface area contributed by atoms with Crippen molar-refractivity contribution in [2.24, 2.45) is 5.10 Å². The lowest BCUT2D eigenvalue weighted by molar-refractivity contribution is 0.0954. The van der Waals surface area contributed by atoms with Crippen LogP contribution in [0.2, 0.25) is 15.1 Å². The van der Waals surface area contributed by atoms with E-state index in [-0.39, 0.29) is 5.56 Å². The number of rotatable bonds is 3. The minimum atomic E-state index is -0.649. The van der Waals surface area contributed by atoms with Crippen molar-refractivity contribution in [1.29, 1.82) is 0 Å². The third-order valence-corrected chi connectivity index (χ3v) is 4.22. The summed E-state index contributed by atoms with van der Waals surface area (Å²) in [5.41, 5.74) is 2.94. The molecular weight excluding hydrogens is 385 g/mol. The Hall–Kier alpha value is -2.34. The highest BCUT2D eigenvalue weighted by molar-refractivity contribution is 6.36. The van der Waals surface area contributed by atoms with Gasteiger partial charge in [-0.15, -0.1) is 0 Å². The second-order valence-corrected chi connectivity index (χ2v) is 6.37. The number of aromatic amines is 1. The fourth-order valence-electron chi connectivity index (χ4n) is 2.19. The summed E-state index contributed by atoms with van der Waals surface area (Å²) in [7, 11) is 0. The molecule has 1 heterocycles. The van der Waals surface area contributed by atoms with Crippen molar-refractivity contribution >= 4 is 57.8 Å². The van der Waals surface area contributed by atoms with Crippen molar-refractivity contribution in [3.63, 3.8) is 0 Å². The van der Waals surface area contributed by atoms with E-state index < -0.39 is 11.3 Å². The lowest BCUT2D eigenvalue weighted by Crippen LogP contribution is -2.25. The smallest absolute Gasteiger partial charge is 0.276 e. The molecule has 0 radical (unpaired) electrons. The first-order valence-electron chi connectivity index (χ1n) is 7.05. The number of halogens is 3. The van der Waals surface area contributed by atoms with Crippen LogP contribution in [0.25, 0.3) is 10.9 Å². The van der Waals surface area contributed by atoms with E-state index in [2.05, 4.69) is 15.5 Å². The Morgan fingerprint density at radius 2 is 1.80 bits per heavy atom. The molecule has 0 spiro atoms. The van der Waals surface area contributed by atoms with Crippen LogP contribution in [-0.4, -0.2) is 17.1 Å². The molecule has 0 fully saturated rings. The van der Waals surface area contributed by atoms with E-state index in [1.165, 1.54) is 18.5 Å². The van der Waals surface area contributed by atoms with E-state index in [0.717, 1.165) is 0 Å². The maximum Gasteiger partial charge on any atom is 0.276 e. The van der Waals surface area contributed by atoms with Gasteiger partial charge in [-0.2, -0.15) is 5.10 Å². The van der Waals surface area contributed by atoms with Crippen molar-refractivity contribution in [2.45, 2.75) is 0 Å². The van der Waals surface area contributed by atoms with E-state index in [1.54, 1.807) is 30.3 Å². The van der Waals surface area contributed by atoms with Gasteiger partial charge in [-0.1, -0.05) is 40.9 Å². The van der Waals surface area contributed by atoms with Crippen molar-refractivity contribution in [3.8, 4) is 0 Å². The number of aromatic nitrogens is 1. The molecule has 2 aromatic carbocycles. The van der Waals surface area contributed by atoms with Gasteiger partial charge in [-0.25, -0.2) is 5.43 Å². The Morgan fingerprint density at radius 1 is 1.08 bits per heavy atom. The zero-order valence-electron chi connectivity index (χ0n) is 12.5. The highest BCUT2D eigenvalue weighted by atomic mass is 35.5. The van der Waals surface area contributed by atoms with Crippen molar-refractivity contribution in [1.82, 2.24) is 10.4 Å². The monoisotopic (exact) mass is 393 g/mol. The molecule has 2 N–H and O–H groups in total. The van der Waals surface area contributed by atoms with E-state index in [1.807, 2.05) is 0 Å². The number of hydrogen-bond donors (Lipinski definition) is 2. The van der Waals surface area contributed by atoms with Gasteiger partial charge in [0.1, 0.15) is 5.56 Å². The normalized spacial score (nSPS) is 11.2. The number of carbonyl (C=O) groups excluding carboxylic acids is 1. The number of hydrazone groups is 1. The summed E-state index contributed by atoms with van der Waals surface area (Å²) in [6.07, 6.45) is 2.70. The molecule has 0 saturated carbocycles. The molecule has 3 rings (SSSR count). The zero-order valence-corrected chi connectivity index (χ0v) is 14.8. The average molecular weight is 395 g/mol. The minimum absolute atomic E-state index is 0.0749. The van der Waals surface area contributed by atoms with Gasteiger partial charge in [0.2, 0.25) is 5.43 Å². The summed E-state index contributed by atoms with van der Waals surface area (Å²) >= 11 is 17.7. The summed E-state index contributed by atoms with van der Waals surface area (Å²) in [6, 6.07) is 9.69. The van der Waals surface area contributed by atoms with Gasteiger partial charge in [-0.05, 0) is 30.3 Å². The molecule has 1 aromatic heterocycles. The first kappa shape index (κ1) is 17.5. The molecule has 5 nitrogen and oxygen atoms in total. The highest BCUT2D eigenvalue weighted by Crippen LogP contribution is 2.19. The number of H-pyrrole nitrogens is 1. The average Bonchev–Trinajstić information content (AvgIpc) is 2.57. The second kappa shape index (κ2) is 7.27. The lowest BCUT2D eigenvalue weighted by Gasteiger charge is -2.03. The molecular formula is C17H10Cl3N3O2. The van der Waals surface area contributed by atoms with Crippen LogP contribution in [0, 0.1) is 0 Å². The molecule has 0 aliphatic heterocycles. The molecule has 8 heteroatoms. The lowest BCUT2D eigenvalue weighted by atomic mass is 10.1. The maximum absolute atomic E-state index is 12.4. The predicted octanol–water partition coefficient (Wildman–Crippen LogP) is 4.25. The molecule has 126 valence electrons. The molecule has 0 aliphatic carbocycles. The number of amides is 1. The van der Waals surface area contributed by atoms with Gasteiger partial charge < -0.3 is 4.98 Å². The van der Waals surface area contributed by atoms with Gasteiger partial charge in [0.05, 0.1) is 11.2 Å². The molecule has 0 aliphatic rings. The van der Waals surface area contributed by atoms with E-state index >= 15 is 0 Å². The SMILES string of the molecule is O=C(N/N=C/c1ccc(Cl)cc1Cl)c1c[nH]c2ccc(Cl)cc2c1=O. The van der Waals surface area contributed by atoms with Crippen molar-refractivity contribution < 1.29 is 4.79 Å². The Morgan fingerprint density at radius 3 is 2.56 bits per heavy atom. The zero-order chi connectivity index (χ0) is 18.0. The van der Waals surface area contributed by atoms with E-state index in [4.69, 9.17) is 34.8 Å². The van der Waals surface area contributed by atoms with Gasteiger partial charge in [0, 0.05) is 32.7 Å². The summed E-state index contributed by atoms with van der Waals surface area (Å²) in [4.78, 5) is 27.5. The Bertz CT molecular complexity index is 1060. The van der Waals surface area contributed by atoms with E-state index in [9.17, 15) is 9.59 Å². The second-order valence-electron chi connectivity index (χ2n) is 5.09. The summed E-state index contributed by atoms with van der Waals surface area (Å²) in [5, 5.41) is 5.43. The summed E-state index contributed by atoms with van der Waals surface area (Å²) in [5.74, 6) is -0.649. The molecule has 0 bridgehead atoms. The van der Waals surface area contributed by atoms with Crippen LogP contribution < -0.4 is 10.9 Å². The maximum atomic E-state index is 12.4. The van der Waals surface area contributed by atoms with Gasteiger partial charge in [-0.3, -0.25) is 9.59 Å². The first-order chi connectivity index (χ1) is 12.0. The van der Waals surface area contributed by atoms with Gasteiger partial charge in [0.25, 0.3) is 5.91 Å². The fourth-order valence-corrected chi connectivity index (χ4v) is 2.82. The number of nitrogens with zero attached hydrogens (tertiary/aromatic N) is 1. The van der Waals surface area contributed by atoms with Gasteiger partial charge in [0.15, 0.2) is 0 Å². The highest BCUT2D eigenvalue weighted by Gasteiger charge is 2.12. The third-order valence-electron chi connectivity index (χ3n) is 3.42. The number of pyridine rings is 1. The number of fused-ring (bicyclic) bond motifs is 1. The third kappa shape index (κ3) is 3.85. The van der Waals surface area contributed by atoms with Crippen LogP contribution >= 0.6 is 34.8 Å². The molecule has 1 amide bonds. The fraction of sp³-hybridized carbons (Fsp3) is 0. The van der Waals surface area contributed by atoms with Crippen LogP contribution in [0.3, 0.4) is 0 Å². The van der Waals surface area contributed by atoms with Crippen LogP contribution in [-0.2, 0) is 0 Å².